The first-order valence-corrected chi connectivity index (χ1v) is 10.1. The zero-order chi connectivity index (χ0) is 21.2. The molecule has 29 heavy (non-hydrogen) atoms. The summed E-state index contributed by atoms with van der Waals surface area (Å²) >= 11 is 1.13. The smallest absolute Gasteiger partial charge is 0.340 e. The Morgan fingerprint density at radius 3 is 2.66 bits per heavy atom. The largest absolute Gasteiger partial charge is 0.462 e. The lowest BCUT2D eigenvalue weighted by molar-refractivity contribution is -0.121. The van der Waals surface area contributed by atoms with E-state index in [2.05, 4.69) is 15.6 Å². The minimum atomic E-state index is -0.513. The molecule has 2 amide bonds. The highest BCUT2D eigenvalue weighted by Gasteiger charge is 2.17. The number of carbonyl (C=O) groups excluding carboxylic acids is 3. The van der Waals surface area contributed by atoms with E-state index in [0.717, 1.165) is 11.8 Å². The molecule has 0 aliphatic rings. The fourth-order valence-electron chi connectivity index (χ4n) is 2.49. The molecule has 0 aliphatic carbocycles. The molecule has 0 atom stereocenters. The summed E-state index contributed by atoms with van der Waals surface area (Å²) in [5.74, 6) is -1.06. The summed E-state index contributed by atoms with van der Waals surface area (Å²) in [6, 6.07) is 6.59. The Hall–Kier alpha value is -2.85. The molecule has 1 aromatic heterocycles. The Bertz CT molecular complexity index is 868. The van der Waals surface area contributed by atoms with E-state index >= 15 is 0 Å². The lowest BCUT2D eigenvalue weighted by Crippen LogP contribution is -2.28. The molecular weight excluding hydrogens is 396 g/mol. The number of imidazole rings is 1. The van der Waals surface area contributed by atoms with Crippen molar-refractivity contribution in [1.82, 2.24) is 14.9 Å². The van der Waals surface area contributed by atoms with Crippen LogP contribution in [0.15, 0.2) is 35.6 Å². The molecule has 1 heterocycles. The monoisotopic (exact) mass is 420 g/mol. The zero-order valence-electron chi connectivity index (χ0n) is 16.3. The van der Waals surface area contributed by atoms with E-state index in [-0.39, 0.29) is 42.9 Å². The quantitative estimate of drug-likeness (QED) is 0.392. The predicted molar refractivity (Wildman–Crippen MR) is 109 cm³/mol. The maximum Gasteiger partial charge on any atom is 0.340 e. The first-order valence-electron chi connectivity index (χ1n) is 9.10. The van der Waals surface area contributed by atoms with Gasteiger partial charge in [-0.3, -0.25) is 9.59 Å². The number of amides is 2. The highest BCUT2D eigenvalue weighted by Crippen LogP contribution is 2.21. The molecule has 2 rings (SSSR count). The summed E-state index contributed by atoms with van der Waals surface area (Å²) in [5.41, 5.74) is 1.11. The lowest BCUT2D eigenvalue weighted by atomic mass is 10.2. The first-order chi connectivity index (χ1) is 14.0. The van der Waals surface area contributed by atoms with Gasteiger partial charge in [0.2, 0.25) is 11.8 Å². The van der Waals surface area contributed by atoms with Gasteiger partial charge in [-0.05, 0) is 26.0 Å². The standard InChI is InChI=1S/C19H24N4O5S/c1-3-20-16(25)10-23-13(11-24)9-21-19(23)29-12-17(26)22-15-8-6-5-7-14(15)18(27)28-4-2/h5-9,24H,3-4,10-12H2,1-2H3,(H,20,25)(H,22,26). The molecule has 0 radical (unpaired) electrons. The second kappa shape index (κ2) is 11.2. The van der Waals surface area contributed by atoms with Crippen molar-refractivity contribution in [1.29, 1.82) is 0 Å². The summed E-state index contributed by atoms with van der Waals surface area (Å²) in [6.07, 6.45) is 1.47. The minimum Gasteiger partial charge on any atom is -0.462 e. The fourth-order valence-corrected chi connectivity index (χ4v) is 3.29. The van der Waals surface area contributed by atoms with Crippen LogP contribution in [0.1, 0.15) is 29.9 Å². The van der Waals surface area contributed by atoms with Gasteiger partial charge in [0.25, 0.3) is 0 Å². The number of ether oxygens (including phenoxy) is 1. The molecule has 0 aliphatic heterocycles. The number of hydrogen-bond acceptors (Lipinski definition) is 7. The van der Waals surface area contributed by atoms with Crippen molar-refractivity contribution >= 4 is 35.2 Å². The van der Waals surface area contributed by atoms with Crippen LogP contribution in [-0.4, -0.2) is 51.3 Å². The third-order valence-electron chi connectivity index (χ3n) is 3.77. The fraction of sp³-hybridized carbons (Fsp3) is 0.368. The van der Waals surface area contributed by atoms with Crippen molar-refractivity contribution in [2.24, 2.45) is 0 Å². The van der Waals surface area contributed by atoms with Gasteiger partial charge < -0.3 is 25.0 Å². The maximum absolute atomic E-state index is 12.4. The van der Waals surface area contributed by atoms with Crippen LogP contribution >= 0.6 is 11.8 Å². The second-order valence-corrected chi connectivity index (χ2v) is 6.78. The summed E-state index contributed by atoms with van der Waals surface area (Å²) in [4.78, 5) is 40.5. The molecule has 0 spiro atoms. The molecule has 0 bridgehead atoms. The van der Waals surface area contributed by atoms with Crippen LogP contribution in [0.3, 0.4) is 0 Å². The number of anilines is 1. The molecule has 0 saturated heterocycles. The van der Waals surface area contributed by atoms with Crippen LogP contribution < -0.4 is 10.6 Å². The van der Waals surface area contributed by atoms with Crippen LogP contribution in [0, 0.1) is 0 Å². The third-order valence-corrected chi connectivity index (χ3v) is 4.76. The molecule has 156 valence electrons. The molecule has 3 N–H and O–H groups in total. The van der Waals surface area contributed by atoms with Crippen molar-refractivity contribution in [3.63, 3.8) is 0 Å². The van der Waals surface area contributed by atoms with Crippen LogP contribution in [0.5, 0.6) is 0 Å². The molecule has 0 fully saturated rings. The number of para-hydroxylation sites is 1. The summed E-state index contributed by atoms with van der Waals surface area (Å²) < 4.78 is 6.56. The first kappa shape index (κ1) is 22.4. The molecule has 9 nitrogen and oxygen atoms in total. The number of hydrogen-bond donors (Lipinski definition) is 3. The highest BCUT2D eigenvalue weighted by atomic mass is 32.2. The number of esters is 1. The van der Waals surface area contributed by atoms with Crippen molar-refractivity contribution < 1.29 is 24.2 Å². The summed E-state index contributed by atoms with van der Waals surface area (Å²) in [6.45, 7) is 3.97. The van der Waals surface area contributed by atoms with Crippen molar-refractivity contribution in [2.45, 2.75) is 32.2 Å². The van der Waals surface area contributed by atoms with Crippen molar-refractivity contribution in [2.75, 3.05) is 24.2 Å². The molecule has 0 saturated carbocycles. The van der Waals surface area contributed by atoms with E-state index in [0.29, 0.717) is 23.1 Å². The summed E-state index contributed by atoms with van der Waals surface area (Å²) in [5, 5.41) is 15.3. The number of aliphatic hydroxyl groups excluding tert-OH is 1. The molecule has 2 aromatic rings. The van der Waals surface area contributed by atoms with Gasteiger partial charge in [-0.1, -0.05) is 23.9 Å². The SMILES string of the molecule is CCNC(=O)Cn1c(CO)cnc1SCC(=O)Nc1ccccc1C(=O)OCC. The van der Waals surface area contributed by atoms with Gasteiger partial charge >= 0.3 is 5.97 Å². The Morgan fingerprint density at radius 1 is 1.21 bits per heavy atom. The normalized spacial score (nSPS) is 10.4. The van der Waals surface area contributed by atoms with Gasteiger partial charge in [0.05, 0.1) is 42.1 Å². The van der Waals surface area contributed by atoms with E-state index in [9.17, 15) is 19.5 Å². The van der Waals surface area contributed by atoms with Crippen LogP contribution in [0.2, 0.25) is 0 Å². The maximum atomic E-state index is 12.4. The number of rotatable bonds is 10. The number of carbonyl (C=O) groups is 3. The van der Waals surface area contributed by atoms with Gasteiger partial charge in [-0.15, -0.1) is 0 Å². The van der Waals surface area contributed by atoms with Gasteiger partial charge in [0.1, 0.15) is 6.54 Å². The number of aromatic nitrogens is 2. The zero-order valence-corrected chi connectivity index (χ0v) is 17.1. The van der Waals surface area contributed by atoms with Gasteiger partial charge in [-0.25, -0.2) is 9.78 Å². The Morgan fingerprint density at radius 2 is 1.97 bits per heavy atom. The van der Waals surface area contributed by atoms with E-state index < -0.39 is 5.97 Å². The van der Waals surface area contributed by atoms with Crippen molar-refractivity contribution in [3.8, 4) is 0 Å². The van der Waals surface area contributed by atoms with E-state index in [4.69, 9.17) is 4.74 Å². The number of thioether (sulfide) groups is 1. The van der Waals surface area contributed by atoms with Gasteiger partial charge in [0.15, 0.2) is 5.16 Å². The minimum absolute atomic E-state index is 0.000618. The van der Waals surface area contributed by atoms with E-state index in [1.807, 2.05) is 6.92 Å². The Kier molecular flexibility index (Phi) is 8.68. The topological polar surface area (TPSA) is 123 Å². The van der Waals surface area contributed by atoms with E-state index in [1.165, 1.54) is 6.20 Å². The predicted octanol–water partition coefficient (Wildman–Crippen LogP) is 1.42. The third kappa shape index (κ3) is 6.33. The van der Waals surface area contributed by atoms with Crippen LogP contribution in [0.25, 0.3) is 0 Å². The van der Waals surface area contributed by atoms with Gasteiger partial charge in [-0.2, -0.15) is 0 Å². The lowest BCUT2D eigenvalue weighted by Gasteiger charge is -2.12. The number of nitrogens with zero attached hydrogens (tertiary/aromatic N) is 2. The van der Waals surface area contributed by atoms with Crippen LogP contribution in [-0.2, 0) is 27.5 Å². The highest BCUT2D eigenvalue weighted by molar-refractivity contribution is 7.99. The molecule has 0 unspecified atom stereocenters. The van der Waals surface area contributed by atoms with Crippen molar-refractivity contribution in [3.05, 3.63) is 41.7 Å². The molecule has 10 heteroatoms. The summed E-state index contributed by atoms with van der Waals surface area (Å²) in [7, 11) is 0. The van der Waals surface area contributed by atoms with Crippen LogP contribution in [0.4, 0.5) is 5.69 Å². The number of likely N-dealkylation sites (N-methyl/N-ethyl adjacent to an activating group) is 1. The number of benzene rings is 1. The van der Waals surface area contributed by atoms with Gasteiger partial charge in [0, 0.05) is 6.54 Å². The molecular formula is C19H24N4O5S. The molecule has 1 aromatic carbocycles. The number of aliphatic hydroxyl groups is 1. The average Bonchev–Trinajstić information content (AvgIpc) is 3.08. The number of nitrogens with one attached hydrogen (secondary N) is 2. The second-order valence-electron chi connectivity index (χ2n) is 5.83. The van der Waals surface area contributed by atoms with E-state index in [1.54, 1.807) is 35.8 Å². The average molecular weight is 420 g/mol. The Balaban J connectivity index is 2.04. The Labute approximate surface area is 172 Å².